The Bertz CT molecular complexity index is 636. The normalized spacial score (nSPS) is 27.1. The number of hydrogen-bond acceptors (Lipinski definition) is 2. The van der Waals surface area contributed by atoms with Gasteiger partial charge in [-0.2, -0.15) is 0 Å². The van der Waals surface area contributed by atoms with E-state index in [1.54, 1.807) is 0 Å². The zero-order chi connectivity index (χ0) is 13.7. The minimum atomic E-state index is 0.383. The van der Waals surface area contributed by atoms with E-state index in [1.807, 2.05) is 12.1 Å². The van der Waals surface area contributed by atoms with E-state index >= 15 is 0 Å². The molecule has 2 aromatic rings. The summed E-state index contributed by atoms with van der Waals surface area (Å²) in [4.78, 5) is 4.92. The summed E-state index contributed by atoms with van der Waals surface area (Å²) in [7, 11) is 0. The van der Waals surface area contributed by atoms with Crippen LogP contribution < -0.4 is 5.73 Å². The molecule has 2 N–H and O–H groups in total. The summed E-state index contributed by atoms with van der Waals surface area (Å²) < 4.78 is 2.43. The molecular weight excluding hydrogens is 270 g/mol. The average molecular weight is 290 g/mol. The fraction of sp³-hybridized carbons (Fsp3) is 0.562. The second-order valence-corrected chi connectivity index (χ2v) is 6.70. The Hall–Kier alpha value is -1.06. The van der Waals surface area contributed by atoms with E-state index in [2.05, 4.69) is 10.6 Å². The first-order valence-electron chi connectivity index (χ1n) is 7.66. The molecule has 2 aliphatic rings. The second-order valence-electron chi connectivity index (χ2n) is 6.29. The summed E-state index contributed by atoms with van der Waals surface area (Å²) in [6.07, 6.45) is 7.08. The van der Waals surface area contributed by atoms with Crippen molar-refractivity contribution in [3.8, 4) is 0 Å². The van der Waals surface area contributed by atoms with Gasteiger partial charge in [0.15, 0.2) is 0 Å². The Morgan fingerprint density at radius 1 is 1.10 bits per heavy atom. The van der Waals surface area contributed by atoms with Crippen LogP contribution >= 0.6 is 11.6 Å². The minimum Gasteiger partial charge on any atom is -0.328 e. The van der Waals surface area contributed by atoms with Crippen LogP contribution in [0.4, 0.5) is 0 Å². The third-order valence-electron chi connectivity index (χ3n) is 4.74. The summed E-state index contributed by atoms with van der Waals surface area (Å²) in [6, 6.07) is 7.05. The number of imidazole rings is 1. The van der Waals surface area contributed by atoms with E-state index < -0.39 is 0 Å². The van der Waals surface area contributed by atoms with Crippen LogP contribution in [0.3, 0.4) is 0 Å². The minimum absolute atomic E-state index is 0.383. The van der Waals surface area contributed by atoms with Crippen LogP contribution in [0, 0.1) is 0 Å². The smallest absolute Gasteiger partial charge is 0.113 e. The van der Waals surface area contributed by atoms with E-state index in [9.17, 15) is 0 Å². The van der Waals surface area contributed by atoms with Crippen LogP contribution in [-0.2, 0) is 0 Å². The predicted molar refractivity (Wildman–Crippen MR) is 82.2 cm³/mol. The zero-order valence-electron chi connectivity index (χ0n) is 11.6. The van der Waals surface area contributed by atoms with Crippen molar-refractivity contribution >= 4 is 22.6 Å². The number of hydrogen-bond donors (Lipinski definition) is 1. The van der Waals surface area contributed by atoms with E-state index in [0.29, 0.717) is 18.0 Å². The Labute approximate surface area is 124 Å². The van der Waals surface area contributed by atoms with Gasteiger partial charge in [-0.25, -0.2) is 4.98 Å². The number of para-hydroxylation sites is 1. The first-order chi connectivity index (χ1) is 9.74. The molecule has 3 nitrogen and oxygen atoms in total. The van der Waals surface area contributed by atoms with Gasteiger partial charge in [-0.1, -0.05) is 17.7 Å². The van der Waals surface area contributed by atoms with E-state index in [-0.39, 0.29) is 0 Å². The highest BCUT2D eigenvalue weighted by atomic mass is 35.5. The summed E-state index contributed by atoms with van der Waals surface area (Å²) in [6.45, 7) is 0. The van der Waals surface area contributed by atoms with Gasteiger partial charge >= 0.3 is 0 Å². The standard InChI is InChI=1S/C16H20ClN3/c17-13-2-1-3-14-15(13)20(12-8-9-12)16(19-14)10-4-6-11(18)7-5-10/h1-3,10-12H,4-9,18H2. The van der Waals surface area contributed by atoms with Crippen molar-refractivity contribution < 1.29 is 0 Å². The molecule has 1 heterocycles. The van der Waals surface area contributed by atoms with Crippen molar-refractivity contribution in [2.24, 2.45) is 5.73 Å². The fourth-order valence-corrected chi connectivity index (χ4v) is 3.75. The van der Waals surface area contributed by atoms with Gasteiger partial charge in [-0.05, 0) is 50.7 Å². The Morgan fingerprint density at radius 2 is 1.85 bits per heavy atom. The predicted octanol–water partition coefficient (Wildman–Crippen LogP) is 4.01. The number of nitrogens with zero attached hydrogens (tertiary/aromatic N) is 2. The highest BCUT2D eigenvalue weighted by molar-refractivity contribution is 6.35. The van der Waals surface area contributed by atoms with E-state index in [0.717, 1.165) is 41.7 Å². The number of benzene rings is 1. The van der Waals surface area contributed by atoms with Crippen LogP contribution in [0.25, 0.3) is 11.0 Å². The third-order valence-corrected chi connectivity index (χ3v) is 5.04. The molecule has 0 bridgehead atoms. The van der Waals surface area contributed by atoms with Gasteiger partial charge in [0.05, 0.1) is 16.1 Å². The molecule has 20 heavy (non-hydrogen) atoms. The Balaban J connectivity index is 1.82. The molecule has 4 heteroatoms. The van der Waals surface area contributed by atoms with Gasteiger partial charge in [0.25, 0.3) is 0 Å². The molecule has 1 aromatic carbocycles. The monoisotopic (exact) mass is 289 g/mol. The summed E-state index contributed by atoms with van der Waals surface area (Å²) in [5.74, 6) is 1.81. The lowest BCUT2D eigenvalue weighted by molar-refractivity contribution is 0.377. The first-order valence-corrected chi connectivity index (χ1v) is 8.04. The second kappa shape index (κ2) is 4.74. The molecule has 0 unspecified atom stereocenters. The highest BCUT2D eigenvalue weighted by Gasteiger charge is 2.33. The maximum atomic E-state index is 6.43. The Morgan fingerprint density at radius 3 is 2.55 bits per heavy atom. The summed E-state index contributed by atoms with van der Waals surface area (Å²) >= 11 is 6.43. The third kappa shape index (κ3) is 2.04. The van der Waals surface area contributed by atoms with Crippen LogP contribution in [-0.4, -0.2) is 15.6 Å². The van der Waals surface area contributed by atoms with Crippen molar-refractivity contribution in [2.45, 2.75) is 56.5 Å². The number of rotatable bonds is 2. The number of nitrogens with two attached hydrogens (primary N) is 1. The maximum Gasteiger partial charge on any atom is 0.113 e. The van der Waals surface area contributed by atoms with Crippen LogP contribution in [0.5, 0.6) is 0 Å². The zero-order valence-corrected chi connectivity index (χ0v) is 12.3. The molecule has 0 aliphatic heterocycles. The molecule has 2 aliphatic carbocycles. The number of fused-ring (bicyclic) bond motifs is 1. The van der Waals surface area contributed by atoms with Crippen LogP contribution in [0.15, 0.2) is 18.2 Å². The maximum absolute atomic E-state index is 6.43. The molecular formula is C16H20ClN3. The van der Waals surface area contributed by atoms with Gasteiger partial charge < -0.3 is 10.3 Å². The molecule has 0 spiro atoms. The summed E-state index contributed by atoms with van der Waals surface area (Å²) in [5, 5.41) is 0.834. The van der Waals surface area contributed by atoms with Crippen LogP contribution in [0.1, 0.15) is 56.3 Å². The van der Waals surface area contributed by atoms with Crippen molar-refractivity contribution in [1.82, 2.24) is 9.55 Å². The van der Waals surface area contributed by atoms with Crippen molar-refractivity contribution in [3.05, 3.63) is 29.0 Å². The molecule has 0 saturated heterocycles. The van der Waals surface area contributed by atoms with E-state index in [4.69, 9.17) is 22.3 Å². The lowest BCUT2D eigenvalue weighted by atomic mass is 9.86. The average Bonchev–Trinajstić information content (AvgIpc) is 3.20. The molecule has 106 valence electrons. The lowest BCUT2D eigenvalue weighted by Crippen LogP contribution is -2.26. The van der Waals surface area contributed by atoms with Gasteiger partial charge in [-0.3, -0.25) is 0 Å². The van der Waals surface area contributed by atoms with Gasteiger partial charge in [0.1, 0.15) is 5.82 Å². The molecule has 2 saturated carbocycles. The summed E-state index contributed by atoms with van der Waals surface area (Å²) in [5.41, 5.74) is 8.23. The Kier molecular flexibility index (Phi) is 3.00. The topological polar surface area (TPSA) is 43.8 Å². The number of halogens is 1. The van der Waals surface area contributed by atoms with Gasteiger partial charge in [0.2, 0.25) is 0 Å². The van der Waals surface area contributed by atoms with Crippen molar-refractivity contribution in [1.29, 1.82) is 0 Å². The first kappa shape index (κ1) is 12.7. The molecule has 0 radical (unpaired) electrons. The van der Waals surface area contributed by atoms with Crippen molar-refractivity contribution in [2.75, 3.05) is 0 Å². The van der Waals surface area contributed by atoms with E-state index in [1.165, 1.54) is 18.7 Å². The van der Waals surface area contributed by atoms with Crippen LogP contribution in [0.2, 0.25) is 5.02 Å². The molecule has 0 amide bonds. The lowest BCUT2D eigenvalue weighted by Gasteiger charge is -2.26. The molecule has 1 aromatic heterocycles. The quantitative estimate of drug-likeness (QED) is 0.908. The van der Waals surface area contributed by atoms with Gasteiger partial charge in [0, 0.05) is 18.0 Å². The SMILES string of the molecule is NC1CCC(c2nc3cccc(Cl)c3n2C2CC2)CC1. The number of aromatic nitrogens is 2. The molecule has 0 atom stereocenters. The fourth-order valence-electron chi connectivity index (χ4n) is 3.49. The molecule has 4 rings (SSSR count). The largest absolute Gasteiger partial charge is 0.328 e. The van der Waals surface area contributed by atoms with Crippen molar-refractivity contribution in [3.63, 3.8) is 0 Å². The highest BCUT2D eigenvalue weighted by Crippen LogP contribution is 2.44. The molecule has 2 fully saturated rings. The van der Waals surface area contributed by atoms with Gasteiger partial charge in [-0.15, -0.1) is 0 Å².